The predicted molar refractivity (Wildman–Crippen MR) is 96.9 cm³/mol. The van der Waals surface area contributed by atoms with Gasteiger partial charge in [-0.3, -0.25) is 4.68 Å². The van der Waals surface area contributed by atoms with E-state index in [1.165, 1.54) is 36.0 Å². The van der Waals surface area contributed by atoms with Crippen molar-refractivity contribution in [1.82, 2.24) is 9.78 Å². The zero-order valence-electron chi connectivity index (χ0n) is 15.1. The van der Waals surface area contributed by atoms with Gasteiger partial charge in [0, 0.05) is 18.8 Å². The quantitative estimate of drug-likeness (QED) is 0.675. The lowest BCUT2D eigenvalue weighted by Gasteiger charge is -2.09. The maximum absolute atomic E-state index is 4.13. The van der Waals surface area contributed by atoms with E-state index in [1.54, 1.807) is 0 Å². The number of hydrogen-bond acceptors (Lipinski definition) is 1. The van der Waals surface area contributed by atoms with Crippen LogP contribution in [0.5, 0.6) is 0 Å². The molecule has 0 saturated heterocycles. The molecule has 0 aliphatic carbocycles. The minimum Gasteiger partial charge on any atom is -0.275 e. The monoisotopic (exact) mass is 300 g/mol. The molecule has 122 valence electrons. The first kappa shape index (κ1) is 18.5. The van der Waals surface area contributed by atoms with E-state index in [-0.39, 0.29) is 0 Å². The molecular formula is C20H32N2. The van der Waals surface area contributed by atoms with E-state index >= 15 is 0 Å². The third kappa shape index (κ3) is 6.93. The van der Waals surface area contributed by atoms with Crippen LogP contribution < -0.4 is 0 Å². The number of nitrogens with zero attached hydrogens (tertiary/aromatic N) is 2. The van der Waals surface area contributed by atoms with Crippen LogP contribution in [0.3, 0.4) is 0 Å². The molecule has 0 bridgehead atoms. The summed E-state index contributed by atoms with van der Waals surface area (Å²) in [6.07, 6.45) is 8.05. The second-order valence-electron chi connectivity index (χ2n) is 6.75. The van der Waals surface area contributed by atoms with Gasteiger partial charge in [-0.15, -0.1) is 0 Å². The van der Waals surface area contributed by atoms with Crippen LogP contribution in [0.25, 0.3) is 11.1 Å². The molecule has 2 rings (SSSR count). The van der Waals surface area contributed by atoms with Crippen molar-refractivity contribution in [2.75, 3.05) is 0 Å². The van der Waals surface area contributed by atoms with Crippen molar-refractivity contribution in [1.29, 1.82) is 0 Å². The largest absolute Gasteiger partial charge is 0.275 e. The lowest BCUT2D eigenvalue weighted by Crippen LogP contribution is -1.95. The fraction of sp³-hybridized carbons (Fsp3) is 0.550. The first-order valence-electron chi connectivity index (χ1n) is 8.48. The molecule has 0 aliphatic heterocycles. The molecule has 1 heterocycles. The Morgan fingerprint density at radius 2 is 1.64 bits per heavy atom. The Morgan fingerprint density at radius 3 is 2.09 bits per heavy atom. The van der Waals surface area contributed by atoms with E-state index in [9.17, 15) is 0 Å². The highest BCUT2D eigenvalue weighted by molar-refractivity contribution is 5.61. The van der Waals surface area contributed by atoms with Gasteiger partial charge in [-0.05, 0) is 24.3 Å². The van der Waals surface area contributed by atoms with Gasteiger partial charge in [-0.2, -0.15) is 5.10 Å². The highest BCUT2D eigenvalue weighted by Gasteiger charge is 1.99. The maximum atomic E-state index is 4.13. The van der Waals surface area contributed by atoms with Gasteiger partial charge in [-0.25, -0.2) is 0 Å². The third-order valence-electron chi connectivity index (χ3n) is 4.02. The SMILES string of the molecule is CCC(C)CCC(C)C.Cc1ccc(-c2cnn(C)c2)cc1. The molecule has 2 nitrogen and oxygen atoms in total. The lowest BCUT2D eigenvalue weighted by molar-refractivity contribution is 0.441. The zero-order valence-corrected chi connectivity index (χ0v) is 15.1. The molecule has 1 unspecified atom stereocenters. The molecule has 0 fully saturated rings. The van der Waals surface area contributed by atoms with Crippen molar-refractivity contribution >= 4 is 0 Å². The number of aromatic nitrogens is 2. The number of hydrogen-bond donors (Lipinski definition) is 0. The van der Waals surface area contributed by atoms with Gasteiger partial charge in [0.15, 0.2) is 0 Å². The summed E-state index contributed by atoms with van der Waals surface area (Å²) >= 11 is 0. The van der Waals surface area contributed by atoms with E-state index < -0.39 is 0 Å². The number of rotatable bonds is 5. The molecule has 0 N–H and O–H groups in total. The molecule has 1 atom stereocenters. The van der Waals surface area contributed by atoms with Crippen molar-refractivity contribution in [3.63, 3.8) is 0 Å². The molecule has 1 aromatic carbocycles. The van der Waals surface area contributed by atoms with Crippen LogP contribution in [0, 0.1) is 18.8 Å². The maximum Gasteiger partial charge on any atom is 0.0568 e. The van der Waals surface area contributed by atoms with Crippen molar-refractivity contribution in [3.05, 3.63) is 42.2 Å². The van der Waals surface area contributed by atoms with Gasteiger partial charge in [0.1, 0.15) is 0 Å². The van der Waals surface area contributed by atoms with Crippen molar-refractivity contribution in [2.24, 2.45) is 18.9 Å². The predicted octanol–water partition coefficient (Wildman–Crippen LogP) is 5.86. The first-order valence-corrected chi connectivity index (χ1v) is 8.48. The third-order valence-corrected chi connectivity index (χ3v) is 4.02. The van der Waals surface area contributed by atoms with Gasteiger partial charge in [0.2, 0.25) is 0 Å². The van der Waals surface area contributed by atoms with Gasteiger partial charge >= 0.3 is 0 Å². The van der Waals surface area contributed by atoms with Gasteiger partial charge in [-0.1, -0.05) is 76.8 Å². The average molecular weight is 300 g/mol. The van der Waals surface area contributed by atoms with Crippen molar-refractivity contribution in [3.8, 4) is 11.1 Å². The van der Waals surface area contributed by atoms with E-state index in [0.29, 0.717) is 0 Å². The van der Waals surface area contributed by atoms with Crippen LogP contribution in [0.4, 0.5) is 0 Å². The van der Waals surface area contributed by atoms with E-state index in [2.05, 4.69) is 64.0 Å². The van der Waals surface area contributed by atoms with Crippen LogP contribution >= 0.6 is 0 Å². The van der Waals surface area contributed by atoms with Crippen LogP contribution in [0.15, 0.2) is 36.7 Å². The summed E-state index contributed by atoms with van der Waals surface area (Å²) in [6, 6.07) is 8.46. The van der Waals surface area contributed by atoms with E-state index in [0.717, 1.165) is 11.8 Å². The smallest absolute Gasteiger partial charge is 0.0568 e. The normalized spacial score (nSPS) is 12.0. The summed E-state index contributed by atoms with van der Waals surface area (Å²) in [5.74, 6) is 1.83. The molecule has 2 aromatic rings. The molecule has 2 heteroatoms. The summed E-state index contributed by atoms with van der Waals surface area (Å²) in [5.41, 5.74) is 3.67. The number of aryl methyl sites for hydroxylation is 2. The Morgan fingerprint density at radius 1 is 1.00 bits per heavy atom. The van der Waals surface area contributed by atoms with Crippen molar-refractivity contribution < 1.29 is 0 Å². The summed E-state index contributed by atoms with van der Waals surface area (Å²) < 4.78 is 1.81. The van der Waals surface area contributed by atoms with Gasteiger partial charge in [0.25, 0.3) is 0 Å². The minimum atomic E-state index is 0.888. The van der Waals surface area contributed by atoms with Gasteiger partial charge in [0.05, 0.1) is 6.20 Å². The Bertz CT molecular complexity index is 523. The standard InChI is InChI=1S/C11H12N2.C9H20/c1-9-3-5-10(6-4-9)11-7-12-13(2)8-11;1-5-9(4)7-6-8(2)3/h3-8H,1-2H3;8-9H,5-7H2,1-4H3. The summed E-state index contributed by atoms with van der Waals surface area (Å²) in [7, 11) is 1.93. The first-order chi connectivity index (χ1) is 10.4. The molecule has 0 radical (unpaired) electrons. The fourth-order valence-electron chi connectivity index (χ4n) is 2.14. The fourth-order valence-corrected chi connectivity index (χ4v) is 2.14. The van der Waals surface area contributed by atoms with Crippen LogP contribution in [-0.4, -0.2) is 9.78 Å². The van der Waals surface area contributed by atoms with Crippen LogP contribution in [0.2, 0.25) is 0 Å². The summed E-state index contributed by atoms with van der Waals surface area (Å²) in [6.45, 7) is 11.3. The Kier molecular flexibility index (Phi) is 7.94. The second kappa shape index (κ2) is 9.45. The molecule has 0 saturated carbocycles. The molecular weight excluding hydrogens is 268 g/mol. The van der Waals surface area contributed by atoms with E-state index in [4.69, 9.17) is 0 Å². The molecule has 22 heavy (non-hydrogen) atoms. The highest BCUT2D eigenvalue weighted by atomic mass is 15.2. The Balaban J connectivity index is 0.000000239. The van der Waals surface area contributed by atoms with Crippen molar-refractivity contribution in [2.45, 2.75) is 53.9 Å². The Hall–Kier alpha value is -1.57. The number of benzene rings is 1. The van der Waals surface area contributed by atoms with Gasteiger partial charge < -0.3 is 0 Å². The molecule has 0 amide bonds. The summed E-state index contributed by atoms with van der Waals surface area (Å²) in [5, 5.41) is 4.13. The summed E-state index contributed by atoms with van der Waals surface area (Å²) in [4.78, 5) is 0. The lowest BCUT2D eigenvalue weighted by atomic mass is 9.98. The average Bonchev–Trinajstić information content (AvgIpc) is 2.92. The highest BCUT2D eigenvalue weighted by Crippen LogP contribution is 2.18. The van der Waals surface area contributed by atoms with Crippen LogP contribution in [-0.2, 0) is 7.05 Å². The molecule has 1 aromatic heterocycles. The minimum absolute atomic E-state index is 0.888. The molecule has 0 aliphatic rings. The zero-order chi connectivity index (χ0) is 16.5. The van der Waals surface area contributed by atoms with Crippen LogP contribution in [0.1, 0.15) is 52.5 Å². The second-order valence-corrected chi connectivity index (χ2v) is 6.75. The topological polar surface area (TPSA) is 17.8 Å². The Labute approximate surface area is 136 Å². The van der Waals surface area contributed by atoms with E-state index in [1.807, 2.05) is 24.1 Å². The molecule has 0 spiro atoms.